The average molecular weight is 529 g/mol. The lowest BCUT2D eigenvalue weighted by Crippen LogP contribution is -2.30. The van der Waals surface area contributed by atoms with E-state index in [1.54, 1.807) is 0 Å². The maximum absolute atomic E-state index is 2.43. The summed E-state index contributed by atoms with van der Waals surface area (Å²) in [6, 6.07) is 45.9. The molecule has 0 radical (unpaired) electrons. The zero-order valence-corrected chi connectivity index (χ0v) is 23.4. The molecule has 2 bridgehead atoms. The van der Waals surface area contributed by atoms with Crippen LogP contribution in [0.15, 0.2) is 152 Å². The smallest absolute Gasteiger partial charge is 0.0718 e. The monoisotopic (exact) mass is 528 g/mol. The molecule has 0 fully saturated rings. The Labute approximate surface area is 241 Å². The van der Waals surface area contributed by atoms with E-state index in [0.29, 0.717) is 0 Å². The van der Waals surface area contributed by atoms with Crippen LogP contribution in [-0.2, 0) is 0 Å². The van der Waals surface area contributed by atoms with Crippen molar-refractivity contribution >= 4 is 44.3 Å². The fourth-order valence-corrected chi connectivity index (χ4v) is 6.21. The number of hydrogen-bond donors (Lipinski definition) is 0. The Morgan fingerprint density at radius 1 is 0.561 bits per heavy atom. The SMILES string of the molecule is C1=CC2C=C(C=C1c1ccc3c(c1)c1ccccc1n3-c1ccccc1)c1ccccc1N2c1ccccc1.CC. The standard InChI is InChI=1S/C37H26N2.C2H6/c1-3-11-29(12-4-1)38-31-21-19-26(23-28(24-31)32-15-7-9-17-35(32)38)27-20-22-37-34(25-27)33-16-8-10-18-36(33)39(37)30-13-5-2-6-14-30;1-2/h1-25,31H;1-2H3. The van der Waals surface area contributed by atoms with Gasteiger partial charge in [-0.2, -0.15) is 0 Å². The number of hydrogen-bond acceptors (Lipinski definition) is 1. The van der Waals surface area contributed by atoms with Gasteiger partial charge in [0.05, 0.1) is 17.1 Å². The number of rotatable bonds is 3. The van der Waals surface area contributed by atoms with Crippen molar-refractivity contribution in [2.24, 2.45) is 0 Å². The first-order chi connectivity index (χ1) is 20.3. The summed E-state index contributed by atoms with van der Waals surface area (Å²) in [4.78, 5) is 2.43. The third-order valence-corrected chi connectivity index (χ3v) is 7.96. The molecule has 198 valence electrons. The average Bonchev–Trinajstić information content (AvgIpc) is 3.26. The Kier molecular flexibility index (Phi) is 6.37. The number of allylic oxidation sites excluding steroid dienone is 4. The van der Waals surface area contributed by atoms with E-state index in [1.807, 2.05) is 13.8 Å². The first kappa shape index (κ1) is 24.9. The van der Waals surface area contributed by atoms with Gasteiger partial charge in [-0.15, -0.1) is 0 Å². The summed E-state index contributed by atoms with van der Waals surface area (Å²) >= 11 is 0. The zero-order chi connectivity index (χ0) is 27.8. The molecule has 1 unspecified atom stereocenters. The number of benzene rings is 5. The van der Waals surface area contributed by atoms with Gasteiger partial charge >= 0.3 is 0 Å². The molecule has 2 heterocycles. The molecular formula is C39H32N2. The summed E-state index contributed by atoms with van der Waals surface area (Å²) < 4.78 is 2.37. The Morgan fingerprint density at radius 3 is 2.02 bits per heavy atom. The molecule has 2 heteroatoms. The molecule has 1 atom stereocenters. The Bertz CT molecular complexity index is 1960. The van der Waals surface area contributed by atoms with Gasteiger partial charge in [0, 0.05) is 33.4 Å². The van der Waals surface area contributed by atoms with Crippen LogP contribution in [-0.4, -0.2) is 10.6 Å². The number of aromatic nitrogens is 1. The predicted octanol–water partition coefficient (Wildman–Crippen LogP) is 10.4. The van der Waals surface area contributed by atoms with E-state index in [-0.39, 0.29) is 6.04 Å². The van der Waals surface area contributed by atoms with Gasteiger partial charge in [0.15, 0.2) is 0 Å². The molecule has 1 aliphatic carbocycles. The minimum Gasteiger partial charge on any atom is -0.330 e. The van der Waals surface area contributed by atoms with E-state index in [4.69, 9.17) is 0 Å². The largest absolute Gasteiger partial charge is 0.330 e. The van der Waals surface area contributed by atoms with Crippen LogP contribution in [0.4, 0.5) is 11.4 Å². The Hall–Kier alpha value is -5.08. The van der Waals surface area contributed by atoms with Crippen molar-refractivity contribution in [3.63, 3.8) is 0 Å². The normalized spacial score (nSPS) is 15.5. The highest BCUT2D eigenvalue weighted by molar-refractivity contribution is 6.10. The summed E-state index contributed by atoms with van der Waals surface area (Å²) in [7, 11) is 0. The fraction of sp³-hybridized carbons (Fsp3) is 0.0769. The van der Waals surface area contributed by atoms with Crippen molar-refractivity contribution in [1.29, 1.82) is 0 Å². The van der Waals surface area contributed by atoms with Gasteiger partial charge in [0.25, 0.3) is 0 Å². The molecule has 5 aromatic carbocycles. The van der Waals surface area contributed by atoms with E-state index >= 15 is 0 Å². The summed E-state index contributed by atoms with van der Waals surface area (Å²) in [5, 5.41) is 2.55. The molecule has 2 nitrogen and oxygen atoms in total. The van der Waals surface area contributed by atoms with Crippen LogP contribution in [0.3, 0.4) is 0 Å². The lowest BCUT2D eigenvalue weighted by molar-refractivity contribution is 0.932. The van der Waals surface area contributed by atoms with Gasteiger partial charge in [-0.1, -0.05) is 105 Å². The predicted molar refractivity (Wildman–Crippen MR) is 176 cm³/mol. The first-order valence-electron chi connectivity index (χ1n) is 14.5. The van der Waals surface area contributed by atoms with Gasteiger partial charge in [-0.25, -0.2) is 0 Å². The minimum atomic E-state index is 0.148. The topological polar surface area (TPSA) is 8.17 Å². The summed E-state index contributed by atoms with van der Waals surface area (Å²) in [6.07, 6.45) is 9.38. The molecule has 0 N–H and O–H groups in total. The van der Waals surface area contributed by atoms with Crippen LogP contribution in [0, 0.1) is 0 Å². The van der Waals surface area contributed by atoms with Crippen molar-refractivity contribution in [3.05, 3.63) is 163 Å². The zero-order valence-electron chi connectivity index (χ0n) is 23.4. The van der Waals surface area contributed by atoms with Crippen LogP contribution in [0.1, 0.15) is 25.0 Å². The summed E-state index contributed by atoms with van der Waals surface area (Å²) in [5.74, 6) is 0. The second-order valence-electron chi connectivity index (χ2n) is 10.2. The lowest BCUT2D eigenvalue weighted by Gasteiger charge is -2.35. The highest BCUT2D eigenvalue weighted by atomic mass is 15.2. The van der Waals surface area contributed by atoms with Crippen LogP contribution in [0.2, 0.25) is 0 Å². The van der Waals surface area contributed by atoms with Crippen molar-refractivity contribution < 1.29 is 0 Å². The second-order valence-corrected chi connectivity index (χ2v) is 10.2. The lowest BCUT2D eigenvalue weighted by atomic mass is 9.93. The fourth-order valence-electron chi connectivity index (χ4n) is 6.21. The van der Waals surface area contributed by atoms with E-state index < -0.39 is 0 Å². The Morgan fingerprint density at radius 2 is 1.22 bits per heavy atom. The van der Waals surface area contributed by atoms with E-state index in [9.17, 15) is 0 Å². The van der Waals surface area contributed by atoms with Crippen LogP contribution >= 0.6 is 0 Å². The minimum absolute atomic E-state index is 0.148. The third kappa shape index (κ3) is 4.20. The maximum Gasteiger partial charge on any atom is 0.0718 e. The van der Waals surface area contributed by atoms with Crippen LogP contribution in [0.25, 0.3) is 38.6 Å². The highest BCUT2D eigenvalue weighted by Crippen LogP contribution is 2.43. The maximum atomic E-state index is 2.43. The van der Waals surface area contributed by atoms with Gasteiger partial charge in [-0.3, -0.25) is 0 Å². The summed E-state index contributed by atoms with van der Waals surface area (Å²) in [6.45, 7) is 4.00. The van der Waals surface area contributed by atoms with Gasteiger partial charge in [-0.05, 0) is 77.4 Å². The van der Waals surface area contributed by atoms with E-state index in [0.717, 1.165) is 0 Å². The molecule has 0 spiro atoms. The van der Waals surface area contributed by atoms with E-state index in [1.165, 1.54) is 61.1 Å². The quantitative estimate of drug-likeness (QED) is 0.222. The molecule has 0 amide bonds. The van der Waals surface area contributed by atoms with Crippen molar-refractivity contribution in [2.75, 3.05) is 4.90 Å². The highest BCUT2D eigenvalue weighted by Gasteiger charge is 2.27. The molecule has 6 aromatic rings. The van der Waals surface area contributed by atoms with Crippen molar-refractivity contribution in [2.45, 2.75) is 19.9 Å². The molecule has 0 saturated heterocycles. The molecule has 2 aliphatic rings. The molecule has 41 heavy (non-hydrogen) atoms. The first-order valence-corrected chi connectivity index (χ1v) is 14.5. The summed E-state index contributed by atoms with van der Waals surface area (Å²) in [5.41, 5.74) is 11.1. The van der Waals surface area contributed by atoms with Gasteiger partial charge < -0.3 is 9.47 Å². The van der Waals surface area contributed by atoms with Crippen molar-refractivity contribution in [3.8, 4) is 5.69 Å². The van der Waals surface area contributed by atoms with E-state index in [2.05, 4.69) is 161 Å². The van der Waals surface area contributed by atoms with Crippen LogP contribution < -0.4 is 4.90 Å². The molecule has 8 rings (SSSR count). The number of para-hydroxylation sites is 4. The molecule has 0 saturated carbocycles. The molecule has 1 aliphatic heterocycles. The van der Waals surface area contributed by atoms with Crippen molar-refractivity contribution in [1.82, 2.24) is 4.57 Å². The van der Waals surface area contributed by atoms with Crippen LogP contribution in [0.5, 0.6) is 0 Å². The number of anilines is 2. The third-order valence-electron chi connectivity index (χ3n) is 7.96. The number of fused-ring (bicyclic) bond motifs is 6. The molecule has 1 aromatic heterocycles. The second kappa shape index (κ2) is 10.5. The number of nitrogens with zero attached hydrogens (tertiary/aromatic N) is 2. The molecular weight excluding hydrogens is 496 g/mol. The Balaban J connectivity index is 0.00000135. The van der Waals surface area contributed by atoms with Gasteiger partial charge in [0.1, 0.15) is 0 Å². The van der Waals surface area contributed by atoms with Gasteiger partial charge in [0.2, 0.25) is 0 Å².